The summed E-state index contributed by atoms with van der Waals surface area (Å²) in [6, 6.07) is 8.91. The topological polar surface area (TPSA) is 23.8 Å². The minimum atomic E-state index is 0.862. The molecule has 1 nitrogen and oxygen atoms in total. The van der Waals surface area contributed by atoms with Crippen LogP contribution < -0.4 is 0 Å². The van der Waals surface area contributed by atoms with Gasteiger partial charge >= 0.3 is 0 Å². The van der Waals surface area contributed by atoms with Crippen molar-refractivity contribution < 1.29 is 0 Å². The van der Waals surface area contributed by atoms with Gasteiger partial charge in [0, 0.05) is 0 Å². The van der Waals surface area contributed by atoms with Gasteiger partial charge < -0.3 is 0 Å². The normalized spacial score (nSPS) is 19.4. The number of hydrogen-bond donors (Lipinski definition) is 0. The molecular formula is C15H17N. The van der Waals surface area contributed by atoms with Crippen molar-refractivity contribution in [3.05, 3.63) is 34.9 Å². The van der Waals surface area contributed by atoms with E-state index in [4.69, 9.17) is 0 Å². The Morgan fingerprint density at radius 3 is 2.38 bits per heavy atom. The smallest absolute Gasteiger partial charge is 0.0994 e. The summed E-state index contributed by atoms with van der Waals surface area (Å²) in [5.74, 6) is 1.77. The van der Waals surface area contributed by atoms with Crippen LogP contribution in [0.4, 0.5) is 0 Å². The Kier molecular flexibility index (Phi) is 2.44. The van der Waals surface area contributed by atoms with Gasteiger partial charge in [-0.05, 0) is 67.6 Å². The van der Waals surface area contributed by atoms with Gasteiger partial charge in [-0.1, -0.05) is 12.1 Å². The van der Waals surface area contributed by atoms with E-state index in [0.29, 0.717) is 0 Å². The Morgan fingerprint density at radius 2 is 1.75 bits per heavy atom. The predicted octanol–water partition coefficient (Wildman–Crippen LogP) is 3.46. The van der Waals surface area contributed by atoms with Crippen LogP contribution in [0.1, 0.15) is 42.4 Å². The minimum Gasteiger partial charge on any atom is -0.192 e. The highest BCUT2D eigenvalue weighted by Gasteiger charge is 2.24. The number of hydrogen-bond acceptors (Lipinski definition) is 1. The van der Waals surface area contributed by atoms with Crippen molar-refractivity contribution in [3.63, 3.8) is 0 Å². The fraction of sp³-hybridized carbons (Fsp3) is 0.533. The predicted molar refractivity (Wildman–Crippen MR) is 64.0 cm³/mol. The van der Waals surface area contributed by atoms with Gasteiger partial charge in [0.2, 0.25) is 0 Å². The first-order valence-electron chi connectivity index (χ1n) is 6.37. The largest absolute Gasteiger partial charge is 0.192 e. The molecule has 82 valence electrons. The zero-order chi connectivity index (χ0) is 11.0. The Morgan fingerprint density at radius 1 is 1.06 bits per heavy atom. The number of rotatable bonds is 4. The van der Waals surface area contributed by atoms with E-state index in [1.54, 1.807) is 0 Å². The molecule has 2 fully saturated rings. The highest BCUT2D eigenvalue weighted by Crippen LogP contribution is 2.35. The molecule has 16 heavy (non-hydrogen) atoms. The molecule has 1 aromatic rings. The number of benzene rings is 1. The molecular weight excluding hydrogens is 194 g/mol. The highest BCUT2D eigenvalue weighted by atomic mass is 14.3. The second-order valence-electron chi connectivity index (χ2n) is 5.40. The molecule has 2 saturated carbocycles. The summed E-state index contributed by atoms with van der Waals surface area (Å²) in [5.41, 5.74) is 3.55. The fourth-order valence-corrected chi connectivity index (χ4v) is 2.32. The van der Waals surface area contributed by atoms with Gasteiger partial charge in [0.25, 0.3) is 0 Å². The van der Waals surface area contributed by atoms with Crippen molar-refractivity contribution in [3.8, 4) is 6.07 Å². The van der Waals surface area contributed by atoms with E-state index < -0.39 is 0 Å². The molecule has 0 aliphatic heterocycles. The maximum Gasteiger partial charge on any atom is 0.0994 e. The van der Waals surface area contributed by atoms with Crippen LogP contribution in [0.5, 0.6) is 0 Å². The quantitative estimate of drug-likeness (QED) is 0.748. The monoisotopic (exact) mass is 211 g/mol. The van der Waals surface area contributed by atoms with Crippen LogP contribution >= 0.6 is 0 Å². The summed E-state index contributed by atoms with van der Waals surface area (Å²) in [6.45, 7) is 0. The van der Waals surface area contributed by atoms with E-state index in [1.165, 1.54) is 43.2 Å². The van der Waals surface area contributed by atoms with Gasteiger partial charge in [-0.15, -0.1) is 0 Å². The molecule has 2 aliphatic carbocycles. The molecule has 0 radical (unpaired) electrons. The van der Waals surface area contributed by atoms with Crippen LogP contribution in [0.15, 0.2) is 18.2 Å². The second-order valence-corrected chi connectivity index (χ2v) is 5.40. The van der Waals surface area contributed by atoms with Crippen molar-refractivity contribution in [2.24, 2.45) is 11.8 Å². The Bertz CT molecular complexity index is 433. The first kappa shape index (κ1) is 9.90. The molecule has 0 N–H and O–H groups in total. The van der Waals surface area contributed by atoms with Crippen LogP contribution in [-0.4, -0.2) is 0 Å². The lowest BCUT2D eigenvalue weighted by Crippen LogP contribution is -1.95. The Balaban J connectivity index is 1.79. The first-order chi connectivity index (χ1) is 7.85. The summed E-state index contributed by atoms with van der Waals surface area (Å²) in [5, 5.41) is 9.18. The highest BCUT2D eigenvalue weighted by molar-refractivity contribution is 5.41. The van der Waals surface area contributed by atoms with Gasteiger partial charge in [0.1, 0.15) is 0 Å². The van der Waals surface area contributed by atoms with E-state index in [9.17, 15) is 5.26 Å². The molecule has 0 aromatic heterocycles. The molecule has 1 heteroatoms. The molecule has 0 spiro atoms. The van der Waals surface area contributed by atoms with Crippen LogP contribution in [0.25, 0.3) is 0 Å². The third kappa shape index (κ3) is 2.27. The lowest BCUT2D eigenvalue weighted by molar-refractivity contribution is 0.816. The Labute approximate surface area is 97.1 Å². The van der Waals surface area contributed by atoms with Gasteiger partial charge in [-0.2, -0.15) is 5.26 Å². The lowest BCUT2D eigenvalue weighted by Gasteiger charge is -2.06. The van der Waals surface area contributed by atoms with Gasteiger partial charge in [-0.3, -0.25) is 0 Å². The summed E-state index contributed by atoms with van der Waals surface area (Å²) in [4.78, 5) is 0. The van der Waals surface area contributed by atoms with Gasteiger partial charge in [0.15, 0.2) is 0 Å². The summed E-state index contributed by atoms with van der Waals surface area (Å²) in [6.07, 6.45) is 7.77. The van der Waals surface area contributed by atoms with E-state index >= 15 is 0 Å². The summed E-state index contributed by atoms with van der Waals surface area (Å²) >= 11 is 0. The lowest BCUT2D eigenvalue weighted by atomic mass is 9.98. The standard InChI is InChI=1S/C15H17N/c16-10-15-9-13(7-11-1-2-11)5-6-14(15)8-12-3-4-12/h5-6,9,11-12H,1-4,7-8H2. The third-order valence-electron chi connectivity index (χ3n) is 3.72. The number of nitriles is 1. The summed E-state index contributed by atoms with van der Waals surface area (Å²) < 4.78 is 0. The SMILES string of the molecule is N#Cc1cc(CC2CC2)ccc1CC1CC1. The van der Waals surface area contributed by atoms with Crippen molar-refractivity contribution in [1.82, 2.24) is 0 Å². The molecule has 3 rings (SSSR count). The second kappa shape index (κ2) is 3.94. The van der Waals surface area contributed by atoms with E-state index in [0.717, 1.165) is 23.8 Å². The average molecular weight is 211 g/mol. The molecule has 0 amide bonds. The molecule has 0 saturated heterocycles. The van der Waals surface area contributed by atoms with Crippen molar-refractivity contribution in [2.75, 3.05) is 0 Å². The van der Waals surface area contributed by atoms with E-state index in [-0.39, 0.29) is 0 Å². The molecule has 0 heterocycles. The maximum absolute atomic E-state index is 9.18. The van der Waals surface area contributed by atoms with Crippen LogP contribution in [0, 0.1) is 23.2 Å². The van der Waals surface area contributed by atoms with Crippen LogP contribution in [-0.2, 0) is 12.8 Å². The molecule has 0 bridgehead atoms. The fourth-order valence-electron chi connectivity index (χ4n) is 2.32. The average Bonchev–Trinajstić information content (AvgIpc) is 3.15. The zero-order valence-electron chi connectivity index (χ0n) is 9.58. The van der Waals surface area contributed by atoms with Crippen molar-refractivity contribution >= 4 is 0 Å². The number of nitrogens with zero attached hydrogens (tertiary/aromatic N) is 1. The van der Waals surface area contributed by atoms with Gasteiger partial charge in [-0.25, -0.2) is 0 Å². The van der Waals surface area contributed by atoms with Crippen molar-refractivity contribution in [1.29, 1.82) is 5.26 Å². The Hall–Kier alpha value is -1.29. The van der Waals surface area contributed by atoms with Crippen LogP contribution in [0.2, 0.25) is 0 Å². The van der Waals surface area contributed by atoms with Crippen molar-refractivity contribution in [2.45, 2.75) is 38.5 Å². The van der Waals surface area contributed by atoms with Crippen LogP contribution in [0.3, 0.4) is 0 Å². The minimum absolute atomic E-state index is 0.862. The van der Waals surface area contributed by atoms with E-state index in [2.05, 4.69) is 24.3 Å². The zero-order valence-corrected chi connectivity index (χ0v) is 9.58. The third-order valence-corrected chi connectivity index (χ3v) is 3.72. The molecule has 2 aliphatic rings. The van der Waals surface area contributed by atoms with E-state index in [1.807, 2.05) is 0 Å². The molecule has 1 aromatic carbocycles. The van der Waals surface area contributed by atoms with Gasteiger partial charge in [0.05, 0.1) is 11.6 Å². The molecule has 0 unspecified atom stereocenters. The summed E-state index contributed by atoms with van der Waals surface area (Å²) in [7, 11) is 0. The first-order valence-corrected chi connectivity index (χ1v) is 6.37. The maximum atomic E-state index is 9.18. The molecule has 0 atom stereocenters.